The van der Waals surface area contributed by atoms with E-state index in [1.165, 1.54) is 0 Å². The predicted octanol–water partition coefficient (Wildman–Crippen LogP) is 0.402. The Hall–Kier alpha value is -4.53. The molecule has 6 atom stereocenters. The molecule has 15 heteroatoms. The van der Waals surface area contributed by atoms with Crippen molar-refractivity contribution in [1.82, 2.24) is 21.3 Å². The van der Waals surface area contributed by atoms with Gasteiger partial charge in [-0.3, -0.25) is 28.8 Å². The molecule has 256 valence electrons. The van der Waals surface area contributed by atoms with E-state index in [0.29, 0.717) is 6.42 Å². The highest BCUT2D eigenvalue weighted by Crippen LogP contribution is 2.11. The second-order valence-corrected chi connectivity index (χ2v) is 11.7. The zero-order chi connectivity index (χ0) is 35.0. The maximum atomic E-state index is 13.4. The van der Waals surface area contributed by atoms with Gasteiger partial charge in [0.1, 0.15) is 24.2 Å². The smallest absolute Gasteiger partial charge is 0.326 e. The fourth-order valence-corrected chi connectivity index (χ4v) is 4.50. The van der Waals surface area contributed by atoms with Crippen molar-refractivity contribution in [2.75, 3.05) is 0 Å². The van der Waals surface area contributed by atoms with Gasteiger partial charge in [0.15, 0.2) is 0 Å². The third-order valence-corrected chi connectivity index (χ3v) is 7.31. The number of benzene rings is 1. The van der Waals surface area contributed by atoms with Gasteiger partial charge < -0.3 is 42.3 Å². The van der Waals surface area contributed by atoms with E-state index in [0.717, 1.165) is 5.56 Å². The minimum Gasteiger partial charge on any atom is -0.481 e. The lowest BCUT2D eigenvalue weighted by molar-refractivity contribution is -0.144. The van der Waals surface area contributed by atoms with Crippen molar-refractivity contribution in [3.05, 3.63) is 35.9 Å². The summed E-state index contributed by atoms with van der Waals surface area (Å²) < 4.78 is 0. The standard InChI is InChI=1S/C31H47N5O10/c1-5-18(4)26(31(45)46)36-29(43)22(12-14-25(39)40)33-28(42)21(11-13-24(37)38)34-30(44)23(15-17(2)3)35-27(41)20(32)16-19-9-7-6-8-10-19/h6-10,17-18,20-23,26H,5,11-16,32H2,1-4H3,(H,33,42)(H,34,44)(H,35,41)(H,36,43)(H,37,38)(H,39,40)(H,45,46). The van der Waals surface area contributed by atoms with Crippen LogP contribution in [0.5, 0.6) is 0 Å². The molecule has 0 aliphatic rings. The van der Waals surface area contributed by atoms with Crippen molar-refractivity contribution in [2.45, 2.75) is 103 Å². The lowest BCUT2D eigenvalue weighted by Crippen LogP contribution is -2.59. The maximum absolute atomic E-state index is 13.4. The Balaban J connectivity index is 3.18. The van der Waals surface area contributed by atoms with Crippen LogP contribution in [-0.2, 0) is 40.0 Å². The van der Waals surface area contributed by atoms with Crippen LogP contribution in [0.2, 0.25) is 0 Å². The van der Waals surface area contributed by atoms with Crippen LogP contribution in [0.3, 0.4) is 0 Å². The van der Waals surface area contributed by atoms with Crippen molar-refractivity contribution >= 4 is 41.5 Å². The molecule has 0 saturated carbocycles. The van der Waals surface area contributed by atoms with Gasteiger partial charge in [0, 0.05) is 12.8 Å². The average molecular weight is 650 g/mol. The Morgan fingerprint density at radius 1 is 0.696 bits per heavy atom. The number of hydrogen-bond acceptors (Lipinski definition) is 8. The number of nitrogens with one attached hydrogen (secondary N) is 4. The largest absolute Gasteiger partial charge is 0.481 e. The zero-order valence-electron chi connectivity index (χ0n) is 26.7. The van der Waals surface area contributed by atoms with Crippen molar-refractivity contribution in [2.24, 2.45) is 17.6 Å². The molecule has 0 heterocycles. The molecule has 0 aromatic heterocycles. The van der Waals surface area contributed by atoms with E-state index in [9.17, 15) is 48.9 Å². The van der Waals surface area contributed by atoms with Crippen LogP contribution in [0.1, 0.15) is 71.8 Å². The van der Waals surface area contributed by atoms with Crippen LogP contribution in [0.15, 0.2) is 30.3 Å². The fraction of sp³-hybridized carbons (Fsp3) is 0.581. The summed E-state index contributed by atoms with van der Waals surface area (Å²) in [6.07, 6.45) is -1.17. The topological polar surface area (TPSA) is 254 Å². The van der Waals surface area contributed by atoms with E-state index in [1.807, 2.05) is 6.07 Å². The summed E-state index contributed by atoms with van der Waals surface area (Å²) in [6.45, 7) is 6.93. The molecule has 46 heavy (non-hydrogen) atoms. The number of aliphatic carboxylic acids is 3. The lowest BCUT2D eigenvalue weighted by atomic mass is 9.98. The van der Waals surface area contributed by atoms with Gasteiger partial charge in [-0.05, 0) is 43.1 Å². The summed E-state index contributed by atoms with van der Waals surface area (Å²) >= 11 is 0. The molecule has 15 nitrogen and oxygen atoms in total. The average Bonchev–Trinajstić information content (AvgIpc) is 2.98. The zero-order valence-corrected chi connectivity index (χ0v) is 26.7. The number of carboxylic acids is 3. The van der Waals surface area contributed by atoms with E-state index in [1.54, 1.807) is 52.0 Å². The third kappa shape index (κ3) is 14.5. The molecular formula is C31H47N5O10. The Morgan fingerprint density at radius 3 is 1.59 bits per heavy atom. The monoisotopic (exact) mass is 649 g/mol. The molecule has 0 bridgehead atoms. The molecular weight excluding hydrogens is 602 g/mol. The summed E-state index contributed by atoms with van der Waals surface area (Å²) in [5.41, 5.74) is 6.89. The first-order valence-electron chi connectivity index (χ1n) is 15.2. The number of amides is 4. The lowest BCUT2D eigenvalue weighted by Gasteiger charge is -2.27. The van der Waals surface area contributed by atoms with Gasteiger partial charge in [-0.1, -0.05) is 64.4 Å². The number of carboxylic acid groups (broad SMARTS) is 3. The predicted molar refractivity (Wildman–Crippen MR) is 166 cm³/mol. The molecule has 0 saturated heterocycles. The third-order valence-electron chi connectivity index (χ3n) is 7.31. The van der Waals surface area contributed by atoms with E-state index in [4.69, 9.17) is 5.73 Å². The van der Waals surface area contributed by atoms with E-state index >= 15 is 0 Å². The molecule has 4 amide bonds. The first kappa shape index (κ1) is 39.5. The van der Waals surface area contributed by atoms with Gasteiger partial charge >= 0.3 is 17.9 Å². The minimum absolute atomic E-state index is 0.0931. The second-order valence-electron chi connectivity index (χ2n) is 11.7. The summed E-state index contributed by atoms with van der Waals surface area (Å²) in [6, 6.07) is 2.53. The van der Waals surface area contributed by atoms with Gasteiger partial charge in [-0.15, -0.1) is 0 Å². The molecule has 0 spiro atoms. The molecule has 1 aromatic rings. The van der Waals surface area contributed by atoms with Crippen LogP contribution in [0.4, 0.5) is 0 Å². The number of hydrogen-bond donors (Lipinski definition) is 8. The van der Waals surface area contributed by atoms with Crippen LogP contribution < -0.4 is 27.0 Å². The molecule has 0 aliphatic heterocycles. The maximum Gasteiger partial charge on any atom is 0.326 e. The fourth-order valence-electron chi connectivity index (χ4n) is 4.50. The van der Waals surface area contributed by atoms with Crippen LogP contribution in [0.25, 0.3) is 0 Å². The van der Waals surface area contributed by atoms with E-state index in [2.05, 4.69) is 21.3 Å². The Labute approximate surface area is 268 Å². The highest BCUT2D eigenvalue weighted by atomic mass is 16.4. The van der Waals surface area contributed by atoms with Gasteiger partial charge in [0.25, 0.3) is 0 Å². The quantitative estimate of drug-likeness (QED) is 0.0904. The summed E-state index contributed by atoms with van der Waals surface area (Å²) in [4.78, 5) is 87.1. The summed E-state index contributed by atoms with van der Waals surface area (Å²) in [7, 11) is 0. The highest BCUT2D eigenvalue weighted by Gasteiger charge is 2.33. The molecule has 1 rings (SSSR count). The number of nitrogens with two attached hydrogens (primary N) is 1. The second kappa shape index (κ2) is 19.8. The van der Waals surface area contributed by atoms with Crippen LogP contribution >= 0.6 is 0 Å². The van der Waals surface area contributed by atoms with Crippen molar-refractivity contribution in [3.63, 3.8) is 0 Å². The number of rotatable bonds is 21. The van der Waals surface area contributed by atoms with E-state index < -0.39 is 103 Å². The Kier molecular flexibility index (Phi) is 17.0. The van der Waals surface area contributed by atoms with Gasteiger partial charge in [0.2, 0.25) is 23.6 Å². The normalized spacial score (nSPS) is 14.9. The Bertz CT molecular complexity index is 1210. The molecule has 9 N–H and O–H groups in total. The van der Waals surface area contributed by atoms with Gasteiger partial charge in [-0.25, -0.2) is 4.79 Å². The van der Waals surface area contributed by atoms with Gasteiger partial charge in [0.05, 0.1) is 6.04 Å². The van der Waals surface area contributed by atoms with Gasteiger partial charge in [-0.2, -0.15) is 0 Å². The van der Waals surface area contributed by atoms with Crippen LogP contribution in [0, 0.1) is 11.8 Å². The summed E-state index contributed by atoms with van der Waals surface area (Å²) in [5.74, 6) is -7.82. The Morgan fingerprint density at radius 2 is 1.15 bits per heavy atom. The SMILES string of the molecule is CCC(C)C(NC(=O)C(CCC(=O)O)NC(=O)C(CCC(=O)O)NC(=O)C(CC(C)C)NC(=O)C(N)Cc1ccccc1)C(=O)O. The highest BCUT2D eigenvalue weighted by molar-refractivity contribution is 5.95. The molecule has 0 radical (unpaired) electrons. The molecule has 6 unspecified atom stereocenters. The number of carbonyl (C=O) groups excluding carboxylic acids is 4. The van der Waals surface area contributed by atoms with Crippen LogP contribution in [-0.4, -0.2) is 87.1 Å². The van der Waals surface area contributed by atoms with Crippen molar-refractivity contribution in [1.29, 1.82) is 0 Å². The first-order valence-corrected chi connectivity index (χ1v) is 15.2. The summed E-state index contributed by atoms with van der Waals surface area (Å²) in [5, 5.41) is 37.7. The van der Waals surface area contributed by atoms with Crippen molar-refractivity contribution < 1.29 is 48.9 Å². The molecule has 0 aliphatic carbocycles. The molecule has 1 aromatic carbocycles. The van der Waals surface area contributed by atoms with E-state index in [-0.39, 0.29) is 18.8 Å². The van der Waals surface area contributed by atoms with Crippen molar-refractivity contribution in [3.8, 4) is 0 Å². The minimum atomic E-state index is -1.51. The number of carbonyl (C=O) groups is 7. The first-order chi connectivity index (χ1) is 21.5. The molecule has 0 fully saturated rings.